The number of pyridine rings is 1. The van der Waals surface area contributed by atoms with Gasteiger partial charge < -0.3 is 11.5 Å². The molecule has 18 heavy (non-hydrogen) atoms. The van der Waals surface area contributed by atoms with E-state index in [-0.39, 0.29) is 16.0 Å². The highest BCUT2D eigenvalue weighted by atomic mass is 79.9. The summed E-state index contributed by atoms with van der Waals surface area (Å²) in [6.45, 7) is 0. The minimum absolute atomic E-state index is 0.00169. The first kappa shape index (κ1) is 14.6. The highest BCUT2D eigenvalue weighted by Crippen LogP contribution is 2.38. The van der Waals surface area contributed by atoms with E-state index in [0.717, 1.165) is 0 Å². The summed E-state index contributed by atoms with van der Waals surface area (Å²) >= 11 is 6.19. The van der Waals surface area contributed by atoms with Crippen molar-refractivity contribution in [2.45, 2.75) is 0 Å². The quantitative estimate of drug-likeness (QED) is 0.247. The SMILES string of the molecule is NC(=O)N(N)c1c(Br)cnc(Br)c1N(N)C(N)=O. The zero-order valence-electron chi connectivity index (χ0n) is 8.80. The monoisotopic (exact) mass is 381 g/mol. The smallest absolute Gasteiger partial charge is 0.333 e. The number of urea groups is 2. The van der Waals surface area contributed by atoms with Gasteiger partial charge in [-0.1, -0.05) is 0 Å². The molecule has 0 saturated heterocycles. The molecule has 1 aromatic rings. The second-order valence-electron chi connectivity index (χ2n) is 3.01. The van der Waals surface area contributed by atoms with Crippen molar-refractivity contribution in [3.05, 3.63) is 15.3 Å². The zero-order valence-corrected chi connectivity index (χ0v) is 12.0. The topological polar surface area (TPSA) is 158 Å². The highest BCUT2D eigenvalue weighted by molar-refractivity contribution is 9.11. The molecule has 0 radical (unpaired) electrons. The van der Waals surface area contributed by atoms with Crippen LogP contribution in [-0.4, -0.2) is 17.0 Å². The molecule has 0 aliphatic rings. The molecule has 0 aliphatic carbocycles. The molecular formula is C7H9Br2N7O2. The van der Waals surface area contributed by atoms with Crippen LogP contribution < -0.4 is 33.2 Å². The van der Waals surface area contributed by atoms with E-state index in [1.807, 2.05) is 0 Å². The lowest BCUT2D eigenvalue weighted by molar-refractivity contribution is 0.252. The molecule has 0 atom stereocenters. The fraction of sp³-hybridized carbons (Fsp3) is 0. The maximum absolute atomic E-state index is 11.1. The first-order chi connectivity index (χ1) is 8.27. The third-order valence-corrected chi connectivity index (χ3v) is 3.05. The fourth-order valence-electron chi connectivity index (χ4n) is 1.11. The van der Waals surface area contributed by atoms with E-state index in [0.29, 0.717) is 14.5 Å². The van der Waals surface area contributed by atoms with Crippen molar-refractivity contribution in [3.8, 4) is 0 Å². The van der Waals surface area contributed by atoms with Gasteiger partial charge in [-0.05, 0) is 31.9 Å². The van der Waals surface area contributed by atoms with E-state index in [1.54, 1.807) is 0 Å². The molecule has 0 aromatic carbocycles. The Morgan fingerprint density at radius 1 is 1.06 bits per heavy atom. The van der Waals surface area contributed by atoms with Crippen molar-refractivity contribution in [2.24, 2.45) is 23.2 Å². The number of carbonyl (C=O) groups excluding carboxylic acids is 2. The lowest BCUT2D eigenvalue weighted by Crippen LogP contribution is -2.46. The maximum Gasteiger partial charge on any atom is 0.333 e. The first-order valence-electron chi connectivity index (χ1n) is 4.29. The number of carbonyl (C=O) groups is 2. The van der Waals surface area contributed by atoms with Gasteiger partial charge >= 0.3 is 12.1 Å². The molecule has 1 heterocycles. The average molecular weight is 383 g/mol. The summed E-state index contributed by atoms with van der Waals surface area (Å²) in [6, 6.07) is -1.91. The molecule has 1 aromatic heterocycles. The minimum Gasteiger partial charge on any atom is -0.350 e. The highest BCUT2D eigenvalue weighted by Gasteiger charge is 2.24. The van der Waals surface area contributed by atoms with Gasteiger partial charge in [0.05, 0.1) is 4.47 Å². The third kappa shape index (κ3) is 2.69. The van der Waals surface area contributed by atoms with E-state index in [9.17, 15) is 9.59 Å². The van der Waals surface area contributed by atoms with E-state index >= 15 is 0 Å². The Balaban J connectivity index is 3.52. The molecule has 8 N–H and O–H groups in total. The van der Waals surface area contributed by atoms with Crippen LogP contribution in [0.3, 0.4) is 0 Å². The molecule has 0 unspecified atom stereocenters. The molecule has 98 valence electrons. The van der Waals surface area contributed by atoms with E-state index in [2.05, 4.69) is 36.8 Å². The van der Waals surface area contributed by atoms with Crippen LogP contribution in [0.4, 0.5) is 21.0 Å². The second kappa shape index (κ2) is 5.48. The van der Waals surface area contributed by atoms with Crippen LogP contribution in [0.25, 0.3) is 0 Å². The van der Waals surface area contributed by atoms with Gasteiger partial charge in [0.2, 0.25) is 0 Å². The van der Waals surface area contributed by atoms with Gasteiger partial charge in [0.25, 0.3) is 0 Å². The van der Waals surface area contributed by atoms with E-state index in [4.69, 9.17) is 23.2 Å². The van der Waals surface area contributed by atoms with Gasteiger partial charge in [-0.3, -0.25) is 0 Å². The Labute approximate surface area is 118 Å². The molecule has 0 bridgehead atoms. The summed E-state index contributed by atoms with van der Waals surface area (Å²) in [5.74, 6) is 11.0. The van der Waals surface area contributed by atoms with Crippen LogP contribution in [0.15, 0.2) is 15.3 Å². The normalized spacial score (nSPS) is 10.0. The molecule has 0 aliphatic heterocycles. The van der Waals surface area contributed by atoms with Crippen molar-refractivity contribution in [2.75, 3.05) is 10.0 Å². The minimum atomic E-state index is -0.963. The molecule has 1 rings (SSSR count). The number of rotatable bonds is 2. The van der Waals surface area contributed by atoms with Gasteiger partial charge in [0.1, 0.15) is 16.0 Å². The molecular weight excluding hydrogens is 374 g/mol. The number of hydrogen-bond donors (Lipinski definition) is 4. The van der Waals surface area contributed by atoms with Crippen molar-refractivity contribution in [1.82, 2.24) is 4.98 Å². The number of anilines is 2. The zero-order chi connectivity index (χ0) is 14.0. The third-order valence-electron chi connectivity index (χ3n) is 1.89. The summed E-state index contributed by atoms with van der Waals surface area (Å²) in [5.41, 5.74) is 10.2. The van der Waals surface area contributed by atoms with Crippen LogP contribution in [0.1, 0.15) is 0 Å². The van der Waals surface area contributed by atoms with Crippen LogP contribution in [0.2, 0.25) is 0 Å². The molecule has 4 amide bonds. The first-order valence-corrected chi connectivity index (χ1v) is 5.88. The summed E-state index contributed by atoms with van der Waals surface area (Å²) in [5, 5.41) is 1.19. The van der Waals surface area contributed by atoms with E-state index in [1.165, 1.54) is 6.20 Å². The molecule has 9 nitrogen and oxygen atoms in total. The van der Waals surface area contributed by atoms with Gasteiger partial charge in [-0.25, -0.2) is 36.3 Å². The van der Waals surface area contributed by atoms with Crippen molar-refractivity contribution < 1.29 is 9.59 Å². The molecule has 0 saturated carbocycles. The van der Waals surface area contributed by atoms with E-state index < -0.39 is 12.1 Å². The predicted octanol–water partition coefficient (Wildman–Crippen LogP) is 0.124. The number of aromatic nitrogens is 1. The number of halogens is 2. The Bertz CT molecular complexity index is 464. The Hall–Kier alpha value is -1.43. The Morgan fingerprint density at radius 3 is 1.94 bits per heavy atom. The van der Waals surface area contributed by atoms with Gasteiger partial charge in [0.15, 0.2) is 0 Å². The lowest BCUT2D eigenvalue weighted by Gasteiger charge is -2.24. The standard InChI is InChI=1S/C7H9Br2N7O2/c8-2-1-14-5(9)4(16(13)7(11)18)3(2)15(12)6(10)17/h1H,12-13H2,(H2,10,17)(H2,11,18). The number of nitrogens with zero attached hydrogens (tertiary/aromatic N) is 3. The van der Waals surface area contributed by atoms with Crippen LogP contribution >= 0.6 is 31.9 Å². The number of hydrogen-bond acceptors (Lipinski definition) is 5. The van der Waals surface area contributed by atoms with Crippen LogP contribution in [-0.2, 0) is 0 Å². The van der Waals surface area contributed by atoms with Crippen molar-refractivity contribution >= 4 is 55.3 Å². The second-order valence-corrected chi connectivity index (χ2v) is 4.62. The van der Waals surface area contributed by atoms with Crippen LogP contribution in [0, 0.1) is 0 Å². The largest absolute Gasteiger partial charge is 0.350 e. The van der Waals surface area contributed by atoms with Gasteiger partial charge in [-0.15, -0.1) is 0 Å². The summed E-state index contributed by atoms with van der Waals surface area (Å²) in [6.07, 6.45) is 1.35. The lowest BCUT2D eigenvalue weighted by atomic mass is 10.3. The number of amides is 4. The Kier molecular flexibility index (Phi) is 4.45. The number of primary amides is 2. The summed E-state index contributed by atoms with van der Waals surface area (Å²) in [7, 11) is 0. The summed E-state index contributed by atoms with van der Waals surface area (Å²) < 4.78 is 0.470. The van der Waals surface area contributed by atoms with Crippen LogP contribution in [0.5, 0.6) is 0 Å². The van der Waals surface area contributed by atoms with Gasteiger partial charge in [-0.2, -0.15) is 0 Å². The average Bonchev–Trinajstić information content (AvgIpc) is 2.29. The van der Waals surface area contributed by atoms with Crippen molar-refractivity contribution in [3.63, 3.8) is 0 Å². The fourth-order valence-corrected chi connectivity index (χ4v) is 2.07. The Morgan fingerprint density at radius 2 is 1.50 bits per heavy atom. The van der Waals surface area contributed by atoms with Crippen molar-refractivity contribution in [1.29, 1.82) is 0 Å². The number of hydrazine groups is 2. The molecule has 11 heteroatoms. The molecule has 0 spiro atoms. The molecule has 0 fully saturated rings. The number of nitrogens with two attached hydrogens (primary N) is 4. The summed E-state index contributed by atoms with van der Waals surface area (Å²) in [4.78, 5) is 26.1. The predicted molar refractivity (Wildman–Crippen MR) is 72.1 cm³/mol. The maximum atomic E-state index is 11.1. The van der Waals surface area contributed by atoms with Gasteiger partial charge in [0, 0.05) is 6.20 Å².